The van der Waals surface area contributed by atoms with Crippen molar-refractivity contribution >= 4 is 16.9 Å². The van der Waals surface area contributed by atoms with Gasteiger partial charge in [0, 0.05) is 38.3 Å². The number of likely N-dealkylation sites (tertiary alicyclic amines) is 1. The van der Waals surface area contributed by atoms with Gasteiger partial charge in [-0.3, -0.25) is 9.36 Å². The van der Waals surface area contributed by atoms with Gasteiger partial charge in [0.05, 0.1) is 18.1 Å². The number of fused-ring (bicyclic) bond motifs is 1. The van der Waals surface area contributed by atoms with E-state index in [4.69, 9.17) is 4.74 Å². The molecule has 152 valence electrons. The van der Waals surface area contributed by atoms with Gasteiger partial charge in [-0.15, -0.1) is 0 Å². The van der Waals surface area contributed by atoms with Crippen LogP contribution in [0.2, 0.25) is 0 Å². The summed E-state index contributed by atoms with van der Waals surface area (Å²) in [5, 5.41) is 2.91. The fraction of sp³-hybridized carbons (Fsp3) is 0.381. The summed E-state index contributed by atoms with van der Waals surface area (Å²) in [6.45, 7) is 3.11. The summed E-state index contributed by atoms with van der Waals surface area (Å²) in [4.78, 5) is 34.0. The van der Waals surface area contributed by atoms with Crippen LogP contribution in [-0.2, 0) is 0 Å². The number of rotatable bonds is 6. The van der Waals surface area contributed by atoms with Gasteiger partial charge < -0.3 is 19.9 Å². The molecule has 0 atom stereocenters. The Morgan fingerprint density at radius 1 is 1.21 bits per heavy atom. The number of aromatic nitrogens is 3. The molecule has 29 heavy (non-hydrogen) atoms. The number of carbonyl (C=O) groups excluding carboxylic acids is 1. The Bertz CT molecular complexity index is 1050. The van der Waals surface area contributed by atoms with E-state index in [-0.39, 0.29) is 17.6 Å². The standard InChI is InChI=1S/C21H25N5O3/c1-29-19-8-4-6-17(23-19)20(27)22-11-14-25-12-9-15(10-13-25)26-18-7-3-2-5-16(18)24-21(26)28/h2-8,15H,9-14H2,1H3,(H,22,27)(H,24,28). The second kappa shape index (κ2) is 8.48. The molecule has 0 radical (unpaired) electrons. The van der Waals surface area contributed by atoms with Gasteiger partial charge in [-0.05, 0) is 31.0 Å². The molecule has 8 nitrogen and oxygen atoms in total. The van der Waals surface area contributed by atoms with Crippen molar-refractivity contribution in [2.75, 3.05) is 33.3 Å². The average molecular weight is 395 g/mol. The van der Waals surface area contributed by atoms with Gasteiger partial charge in [0.25, 0.3) is 5.91 Å². The quantitative estimate of drug-likeness (QED) is 0.664. The Balaban J connectivity index is 1.28. The maximum absolute atomic E-state index is 12.4. The van der Waals surface area contributed by atoms with Gasteiger partial charge in [-0.1, -0.05) is 18.2 Å². The molecule has 4 rings (SSSR count). The number of piperidine rings is 1. The first-order valence-electron chi connectivity index (χ1n) is 9.86. The van der Waals surface area contributed by atoms with Gasteiger partial charge in [0.2, 0.25) is 5.88 Å². The van der Waals surface area contributed by atoms with E-state index in [9.17, 15) is 9.59 Å². The molecule has 0 spiro atoms. The zero-order valence-corrected chi connectivity index (χ0v) is 16.4. The summed E-state index contributed by atoms with van der Waals surface area (Å²) < 4.78 is 6.95. The third-order valence-corrected chi connectivity index (χ3v) is 5.43. The predicted molar refractivity (Wildman–Crippen MR) is 110 cm³/mol. The van der Waals surface area contributed by atoms with Crippen molar-refractivity contribution in [3.05, 3.63) is 58.6 Å². The number of imidazole rings is 1. The molecule has 1 aromatic carbocycles. The first kappa shape index (κ1) is 19.2. The van der Waals surface area contributed by atoms with Crippen molar-refractivity contribution in [2.45, 2.75) is 18.9 Å². The molecule has 0 saturated carbocycles. The van der Waals surface area contributed by atoms with Crippen LogP contribution in [0.15, 0.2) is 47.3 Å². The van der Waals surface area contributed by atoms with Crippen LogP contribution >= 0.6 is 0 Å². The number of pyridine rings is 1. The fourth-order valence-corrected chi connectivity index (χ4v) is 3.91. The monoisotopic (exact) mass is 395 g/mol. The zero-order valence-electron chi connectivity index (χ0n) is 16.4. The minimum Gasteiger partial charge on any atom is -0.481 e. The first-order chi connectivity index (χ1) is 14.2. The Labute approximate surface area is 168 Å². The summed E-state index contributed by atoms with van der Waals surface area (Å²) in [5.41, 5.74) is 2.16. The van der Waals surface area contributed by atoms with Gasteiger partial charge in [-0.25, -0.2) is 9.78 Å². The lowest BCUT2D eigenvalue weighted by atomic mass is 10.0. The maximum Gasteiger partial charge on any atom is 0.326 e. The van der Waals surface area contributed by atoms with Crippen LogP contribution in [0, 0.1) is 0 Å². The minimum atomic E-state index is -0.205. The molecule has 1 saturated heterocycles. The highest BCUT2D eigenvalue weighted by Gasteiger charge is 2.23. The fourth-order valence-electron chi connectivity index (χ4n) is 3.91. The number of amides is 1. The number of para-hydroxylation sites is 2. The Morgan fingerprint density at radius 2 is 2.00 bits per heavy atom. The maximum atomic E-state index is 12.4. The highest BCUT2D eigenvalue weighted by Crippen LogP contribution is 2.24. The van der Waals surface area contributed by atoms with Crippen molar-refractivity contribution in [2.24, 2.45) is 0 Å². The molecule has 1 amide bonds. The number of hydrogen-bond donors (Lipinski definition) is 2. The van der Waals surface area contributed by atoms with E-state index < -0.39 is 0 Å². The number of nitrogens with one attached hydrogen (secondary N) is 2. The Kier molecular flexibility index (Phi) is 5.62. The van der Waals surface area contributed by atoms with Crippen molar-refractivity contribution in [1.82, 2.24) is 24.8 Å². The highest BCUT2D eigenvalue weighted by molar-refractivity contribution is 5.92. The SMILES string of the molecule is COc1cccc(C(=O)NCCN2CCC(n3c(=O)[nH]c4ccccc43)CC2)n1. The van der Waals surface area contributed by atoms with E-state index in [0.29, 0.717) is 18.1 Å². The number of benzene rings is 1. The third kappa shape index (κ3) is 4.17. The number of methoxy groups -OCH3 is 1. The molecule has 1 fully saturated rings. The summed E-state index contributed by atoms with van der Waals surface area (Å²) in [6.07, 6.45) is 1.82. The minimum absolute atomic E-state index is 0.0392. The van der Waals surface area contributed by atoms with E-state index in [1.807, 2.05) is 28.8 Å². The van der Waals surface area contributed by atoms with Crippen molar-refractivity contribution in [3.8, 4) is 5.88 Å². The number of hydrogen-bond acceptors (Lipinski definition) is 5. The second-order valence-electron chi connectivity index (χ2n) is 7.21. The molecule has 3 aromatic rings. The van der Waals surface area contributed by atoms with E-state index in [0.717, 1.165) is 43.5 Å². The van der Waals surface area contributed by atoms with Crippen LogP contribution in [0.3, 0.4) is 0 Å². The normalized spacial score (nSPS) is 15.5. The lowest BCUT2D eigenvalue weighted by Crippen LogP contribution is -2.41. The number of carbonyl (C=O) groups is 1. The molecule has 1 aliphatic rings. The van der Waals surface area contributed by atoms with Gasteiger partial charge >= 0.3 is 5.69 Å². The van der Waals surface area contributed by atoms with Gasteiger partial charge in [-0.2, -0.15) is 0 Å². The third-order valence-electron chi connectivity index (χ3n) is 5.43. The average Bonchev–Trinajstić information content (AvgIpc) is 3.10. The molecular formula is C21H25N5O3. The Hall–Kier alpha value is -3.13. The molecule has 1 aliphatic heterocycles. The van der Waals surface area contributed by atoms with Gasteiger partial charge in [0.15, 0.2) is 0 Å². The van der Waals surface area contributed by atoms with Crippen LogP contribution < -0.4 is 15.7 Å². The van der Waals surface area contributed by atoms with Gasteiger partial charge in [0.1, 0.15) is 5.69 Å². The van der Waals surface area contributed by atoms with Crippen LogP contribution in [0.5, 0.6) is 5.88 Å². The van der Waals surface area contributed by atoms with E-state index in [1.54, 1.807) is 18.2 Å². The molecule has 0 aliphatic carbocycles. The van der Waals surface area contributed by atoms with Crippen LogP contribution in [0.25, 0.3) is 11.0 Å². The molecule has 2 aromatic heterocycles. The van der Waals surface area contributed by atoms with E-state index in [2.05, 4.69) is 20.2 Å². The topological polar surface area (TPSA) is 92.2 Å². The number of ether oxygens (including phenoxy) is 1. The molecule has 2 N–H and O–H groups in total. The first-order valence-corrected chi connectivity index (χ1v) is 9.86. The number of H-pyrrole nitrogens is 1. The van der Waals surface area contributed by atoms with Crippen molar-refractivity contribution in [3.63, 3.8) is 0 Å². The zero-order chi connectivity index (χ0) is 20.2. The van der Waals surface area contributed by atoms with E-state index >= 15 is 0 Å². The summed E-state index contributed by atoms with van der Waals surface area (Å²) >= 11 is 0. The molecule has 0 unspecified atom stereocenters. The number of aromatic amines is 1. The lowest BCUT2D eigenvalue weighted by Gasteiger charge is -2.32. The highest BCUT2D eigenvalue weighted by atomic mass is 16.5. The summed E-state index contributed by atoms with van der Waals surface area (Å²) in [7, 11) is 1.53. The van der Waals surface area contributed by atoms with Crippen LogP contribution in [-0.4, -0.2) is 58.6 Å². The Morgan fingerprint density at radius 3 is 2.79 bits per heavy atom. The predicted octanol–water partition coefficient (Wildman–Crippen LogP) is 1.80. The van der Waals surface area contributed by atoms with Crippen molar-refractivity contribution < 1.29 is 9.53 Å². The number of nitrogens with zero attached hydrogens (tertiary/aromatic N) is 3. The molecular weight excluding hydrogens is 370 g/mol. The lowest BCUT2D eigenvalue weighted by molar-refractivity contribution is 0.0938. The largest absolute Gasteiger partial charge is 0.481 e. The summed E-state index contributed by atoms with van der Waals surface area (Å²) in [5.74, 6) is 0.219. The smallest absolute Gasteiger partial charge is 0.326 e. The molecule has 3 heterocycles. The van der Waals surface area contributed by atoms with Crippen LogP contribution in [0.1, 0.15) is 29.4 Å². The molecule has 8 heteroatoms. The second-order valence-corrected chi connectivity index (χ2v) is 7.21. The molecule has 0 bridgehead atoms. The van der Waals surface area contributed by atoms with E-state index in [1.165, 1.54) is 7.11 Å². The summed E-state index contributed by atoms with van der Waals surface area (Å²) in [6, 6.07) is 13.1. The van der Waals surface area contributed by atoms with Crippen LogP contribution in [0.4, 0.5) is 0 Å². The van der Waals surface area contributed by atoms with Crippen molar-refractivity contribution in [1.29, 1.82) is 0 Å².